The van der Waals surface area contributed by atoms with Crippen LogP contribution in [0, 0.1) is 5.92 Å². The molecule has 1 aromatic rings. The Morgan fingerprint density at radius 1 is 1.32 bits per heavy atom. The normalized spacial score (nSPS) is 18.5. The van der Waals surface area contributed by atoms with Crippen molar-refractivity contribution in [1.82, 2.24) is 0 Å². The van der Waals surface area contributed by atoms with Crippen LogP contribution in [0.3, 0.4) is 0 Å². The molecule has 1 fully saturated rings. The number of hydrogen-bond acceptors (Lipinski definition) is 2. The van der Waals surface area contributed by atoms with Crippen LogP contribution in [-0.2, 0) is 4.74 Å². The van der Waals surface area contributed by atoms with Gasteiger partial charge in [-0.15, -0.1) is 0 Å². The first kappa shape index (κ1) is 13.9. The van der Waals surface area contributed by atoms with Gasteiger partial charge in [0.05, 0.1) is 5.56 Å². The van der Waals surface area contributed by atoms with Crippen molar-refractivity contribution >= 4 is 5.97 Å². The SMILES string of the molecule is O=C(O)c1cccc(C(C(F)F)C2CCOCC2)c1. The van der Waals surface area contributed by atoms with E-state index in [2.05, 4.69) is 0 Å². The molecular formula is C14H16F2O3. The highest BCUT2D eigenvalue weighted by Gasteiger charge is 2.32. The first-order chi connectivity index (χ1) is 9.09. The summed E-state index contributed by atoms with van der Waals surface area (Å²) in [7, 11) is 0. The summed E-state index contributed by atoms with van der Waals surface area (Å²) in [6.45, 7) is 0.985. The van der Waals surface area contributed by atoms with Gasteiger partial charge in [-0.05, 0) is 36.5 Å². The molecule has 0 amide bonds. The van der Waals surface area contributed by atoms with E-state index in [-0.39, 0.29) is 11.5 Å². The van der Waals surface area contributed by atoms with Crippen LogP contribution in [0.15, 0.2) is 24.3 Å². The van der Waals surface area contributed by atoms with Crippen molar-refractivity contribution in [2.45, 2.75) is 25.2 Å². The van der Waals surface area contributed by atoms with Gasteiger partial charge in [0.2, 0.25) is 6.43 Å². The molecule has 19 heavy (non-hydrogen) atoms. The average molecular weight is 270 g/mol. The van der Waals surface area contributed by atoms with Gasteiger partial charge < -0.3 is 9.84 Å². The Morgan fingerprint density at radius 3 is 2.58 bits per heavy atom. The number of benzene rings is 1. The summed E-state index contributed by atoms with van der Waals surface area (Å²) in [5.74, 6) is -2.16. The summed E-state index contributed by atoms with van der Waals surface area (Å²) in [5, 5.41) is 8.93. The molecule has 104 valence electrons. The quantitative estimate of drug-likeness (QED) is 0.914. The van der Waals surface area contributed by atoms with Crippen molar-refractivity contribution in [3.8, 4) is 0 Å². The van der Waals surface area contributed by atoms with Crippen LogP contribution in [0.4, 0.5) is 8.78 Å². The van der Waals surface area contributed by atoms with Crippen molar-refractivity contribution in [1.29, 1.82) is 0 Å². The van der Waals surface area contributed by atoms with Crippen LogP contribution in [-0.4, -0.2) is 30.7 Å². The Hall–Kier alpha value is -1.49. The number of ether oxygens (including phenoxy) is 1. The van der Waals surface area contributed by atoms with E-state index in [0.29, 0.717) is 31.6 Å². The Morgan fingerprint density at radius 2 is 2.00 bits per heavy atom. The van der Waals surface area contributed by atoms with Crippen molar-refractivity contribution in [3.05, 3.63) is 35.4 Å². The Labute approximate surface area is 110 Å². The molecule has 2 rings (SSSR count). The summed E-state index contributed by atoms with van der Waals surface area (Å²) >= 11 is 0. The molecule has 1 atom stereocenters. The number of carboxylic acids is 1. The fraction of sp³-hybridized carbons (Fsp3) is 0.500. The van der Waals surface area contributed by atoms with E-state index in [1.807, 2.05) is 0 Å². The predicted octanol–water partition coefficient (Wildman–Crippen LogP) is 3.16. The highest BCUT2D eigenvalue weighted by Crippen LogP contribution is 2.37. The van der Waals surface area contributed by atoms with Gasteiger partial charge in [0.25, 0.3) is 0 Å². The lowest BCUT2D eigenvalue weighted by molar-refractivity contribution is 0.0186. The van der Waals surface area contributed by atoms with E-state index in [0.717, 1.165) is 0 Å². The summed E-state index contributed by atoms with van der Waals surface area (Å²) in [4.78, 5) is 10.9. The second kappa shape index (κ2) is 6.10. The molecule has 1 aromatic carbocycles. The van der Waals surface area contributed by atoms with Gasteiger partial charge in [-0.1, -0.05) is 12.1 Å². The second-order valence-electron chi connectivity index (χ2n) is 4.74. The first-order valence-corrected chi connectivity index (χ1v) is 6.28. The van der Waals surface area contributed by atoms with Gasteiger partial charge in [0.1, 0.15) is 0 Å². The van der Waals surface area contributed by atoms with E-state index in [4.69, 9.17) is 9.84 Å². The molecule has 0 aromatic heterocycles. The van der Waals surface area contributed by atoms with Gasteiger partial charge in [0.15, 0.2) is 0 Å². The van der Waals surface area contributed by atoms with Crippen LogP contribution in [0.25, 0.3) is 0 Å². The summed E-state index contributed by atoms with van der Waals surface area (Å²) < 4.78 is 31.8. The fourth-order valence-corrected chi connectivity index (χ4v) is 2.58. The van der Waals surface area contributed by atoms with Gasteiger partial charge in [-0.25, -0.2) is 13.6 Å². The van der Waals surface area contributed by atoms with Crippen molar-refractivity contribution in [2.24, 2.45) is 5.92 Å². The predicted molar refractivity (Wildman–Crippen MR) is 65.7 cm³/mol. The molecular weight excluding hydrogens is 254 g/mol. The number of hydrogen-bond donors (Lipinski definition) is 1. The van der Waals surface area contributed by atoms with E-state index in [1.165, 1.54) is 18.2 Å². The number of carbonyl (C=O) groups is 1. The standard InChI is InChI=1S/C14H16F2O3/c15-13(16)12(9-4-6-19-7-5-9)10-2-1-3-11(8-10)14(17)18/h1-3,8-9,12-13H,4-7H2,(H,17,18). The largest absolute Gasteiger partial charge is 0.478 e. The molecule has 1 heterocycles. The minimum Gasteiger partial charge on any atom is -0.478 e. The topological polar surface area (TPSA) is 46.5 Å². The molecule has 1 N–H and O–H groups in total. The molecule has 1 saturated heterocycles. The minimum absolute atomic E-state index is 0.0511. The Bertz CT molecular complexity index is 442. The third kappa shape index (κ3) is 3.29. The van der Waals surface area contributed by atoms with E-state index >= 15 is 0 Å². The van der Waals surface area contributed by atoms with Crippen LogP contribution >= 0.6 is 0 Å². The molecule has 1 unspecified atom stereocenters. The first-order valence-electron chi connectivity index (χ1n) is 6.28. The van der Waals surface area contributed by atoms with Gasteiger partial charge in [-0.3, -0.25) is 0 Å². The zero-order chi connectivity index (χ0) is 13.8. The van der Waals surface area contributed by atoms with Crippen LogP contribution in [0.1, 0.15) is 34.7 Å². The summed E-state index contributed by atoms with van der Waals surface area (Å²) in [6.07, 6.45) is -1.31. The van der Waals surface area contributed by atoms with Gasteiger partial charge >= 0.3 is 5.97 Å². The lowest BCUT2D eigenvalue weighted by Crippen LogP contribution is -2.26. The number of aromatic carboxylic acids is 1. The lowest BCUT2D eigenvalue weighted by Gasteiger charge is -2.30. The molecule has 0 radical (unpaired) electrons. The molecule has 0 bridgehead atoms. The van der Waals surface area contributed by atoms with Gasteiger partial charge in [0, 0.05) is 19.1 Å². The monoisotopic (exact) mass is 270 g/mol. The van der Waals surface area contributed by atoms with Crippen molar-refractivity contribution in [2.75, 3.05) is 13.2 Å². The van der Waals surface area contributed by atoms with E-state index in [1.54, 1.807) is 6.07 Å². The third-order valence-electron chi connectivity index (χ3n) is 3.56. The third-order valence-corrected chi connectivity index (χ3v) is 3.56. The highest BCUT2D eigenvalue weighted by molar-refractivity contribution is 5.87. The van der Waals surface area contributed by atoms with Crippen molar-refractivity contribution in [3.63, 3.8) is 0 Å². The number of carboxylic acid groups (broad SMARTS) is 1. The minimum atomic E-state index is -2.49. The Balaban J connectivity index is 2.27. The molecule has 5 heteroatoms. The highest BCUT2D eigenvalue weighted by atomic mass is 19.3. The van der Waals surface area contributed by atoms with Crippen LogP contribution in [0.2, 0.25) is 0 Å². The zero-order valence-corrected chi connectivity index (χ0v) is 10.4. The number of alkyl halides is 2. The smallest absolute Gasteiger partial charge is 0.335 e. The maximum absolute atomic E-state index is 13.3. The van der Waals surface area contributed by atoms with E-state index < -0.39 is 18.3 Å². The second-order valence-corrected chi connectivity index (χ2v) is 4.74. The fourth-order valence-electron chi connectivity index (χ4n) is 2.58. The van der Waals surface area contributed by atoms with Crippen LogP contribution < -0.4 is 0 Å². The lowest BCUT2D eigenvalue weighted by atomic mass is 9.81. The Kier molecular flexibility index (Phi) is 4.47. The molecule has 0 saturated carbocycles. The van der Waals surface area contributed by atoms with E-state index in [9.17, 15) is 13.6 Å². The van der Waals surface area contributed by atoms with Gasteiger partial charge in [-0.2, -0.15) is 0 Å². The molecule has 1 aliphatic heterocycles. The van der Waals surface area contributed by atoms with Crippen molar-refractivity contribution < 1.29 is 23.4 Å². The summed E-state index contributed by atoms with van der Waals surface area (Å²) in [6, 6.07) is 5.87. The zero-order valence-electron chi connectivity index (χ0n) is 10.4. The van der Waals surface area contributed by atoms with Crippen LogP contribution in [0.5, 0.6) is 0 Å². The number of halogens is 2. The molecule has 0 aliphatic carbocycles. The summed E-state index contributed by atoms with van der Waals surface area (Å²) in [5.41, 5.74) is 0.456. The average Bonchev–Trinajstić information content (AvgIpc) is 2.40. The maximum atomic E-state index is 13.3. The maximum Gasteiger partial charge on any atom is 0.335 e. The molecule has 3 nitrogen and oxygen atoms in total. The number of rotatable bonds is 4. The molecule has 0 spiro atoms. The molecule has 1 aliphatic rings.